The third kappa shape index (κ3) is 5.50. The number of benzene rings is 2. The molecule has 0 radical (unpaired) electrons. The number of carbonyl (C=O) groups excluding carboxylic acids is 1. The first-order valence-electron chi connectivity index (χ1n) is 10.2. The number of carbonyl (C=O) groups is 1. The number of guanidine groups is 1. The molecule has 0 atom stereocenters. The van der Waals surface area contributed by atoms with Crippen molar-refractivity contribution in [2.45, 2.75) is 13.5 Å². The number of hydrogen-bond donors (Lipinski definition) is 1. The number of rotatable bonds is 5. The Labute approximate surface area is 173 Å². The van der Waals surface area contributed by atoms with Crippen molar-refractivity contribution in [3.63, 3.8) is 0 Å². The van der Waals surface area contributed by atoms with Crippen LogP contribution in [0.1, 0.15) is 22.8 Å². The maximum Gasteiger partial charge on any atom is 0.253 e. The Morgan fingerprint density at radius 3 is 2.24 bits per heavy atom. The largest absolute Gasteiger partial charge is 0.368 e. The molecular weight excluding hydrogens is 362 g/mol. The maximum absolute atomic E-state index is 12.0. The van der Waals surface area contributed by atoms with E-state index in [1.165, 1.54) is 5.69 Å². The van der Waals surface area contributed by atoms with Gasteiger partial charge in [-0.15, -0.1) is 0 Å². The van der Waals surface area contributed by atoms with Crippen LogP contribution in [0.5, 0.6) is 0 Å². The van der Waals surface area contributed by atoms with Crippen molar-refractivity contribution >= 4 is 17.6 Å². The molecule has 1 aliphatic heterocycles. The van der Waals surface area contributed by atoms with Gasteiger partial charge in [0.25, 0.3) is 5.91 Å². The van der Waals surface area contributed by atoms with Crippen LogP contribution in [0, 0.1) is 0 Å². The van der Waals surface area contributed by atoms with Crippen molar-refractivity contribution in [1.82, 2.24) is 15.1 Å². The molecule has 6 heteroatoms. The van der Waals surface area contributed by atoms with E-state index in [9.17, 15) is 4.79 Å². The number of amides is 1. The van der Waals surface area contributed by atoms with Gasteiger partial charge in [0.05, 0.1) is 6.54 Å². The molecule has 3 rings (SSSR count). The monoisotopic (exact) mass is 393 g/mol. The fourth-order valence-corrected chi connectivity index (χ4v) is 3.42. The molecule has 6 nitrogen and oxygen atoms in total. The number of hydrogen-bond acceptors (Lipinski definition) is 3. The lowest BCUT2D eigenvalue weighted by Crippen LogP contribution is -2.52. The van der Waals surface area contributed by atoms with Crippen LogP contribution < -0.4 is 10.2 Å². The van der Waals surface area contributed by atoms with Gasteiger partial charge in [-0.25, -0.2) is 4.99 Å². The number of para-hydroxylation sites is 1. The van der Waals surface area contributed by atoms with Crippen molar-refractivity contribution in [3.8, 4) is 0 Å². The molecule has 29 heavy (non-hydrogen) atoms. The summed E-state index contributed by atoms with van der Waals surface area (Å²) in [5.74, 6) is 0.971. The third-order valence-electron chi connectivity index (χ3n) is 5.05. The number of anilines is 1. The first kappa shape index (κ1) is 20.7. The number of piperazine rings is 1. The Balaban J connectivity index is 1.61. The first-order chi connectivity index (χ1) is 14.1. The van der Waals surface area contributed by atoms with Crippen molar-refractivity contribution in [2.24, 2.45) is 4.99 Å². The van der Waals surface area contributed by atoms with Crippen LogP contribution in [0.2, 0.25) is 0 Å². The molecule has 0 bridgehead atoms. The van der Waals surface area contributed by atoms with Gasteiger partial charge in [-0.1, -0.05) is 30.3 Å². The number of aliphatic imine (C=N–C) groups is 1. The summed E-state index contributed by atoms with van der Waals surface area (Å²) in [6.45, 7) is 7.38. The fourth-order valence-electron chi connectivity index (χ4n) is 3.42. The second-order valence-electron chi connectivity index (χ2n) is 7.38. The summed E-state index contributed by atoms with van der Waals surface area (Å²) in [5, 5.41) is 3.42. The van der Waals surface area contributed by atoms with Gasteiger partial charge < -0.3 is 20.0 Å². The summed E-state index contributed by atoms with van der Waals surface area (Å²) in [6.07, 6.45) is 0. The molecule has 0 aliphatic carbocycles. The average molecular weight is 394 g/mol. The highest BCUT2D eigenvalue weighted by molar-refractivity contribution is 5.93. The molecule has 154 valence electrons. The maximum atomic E-state index is 12.0. The van der Waals surface area contributed by atoms with E-state index in [0.29, 0.717) is 12.1 Å². The van der Waals surface area contributed by atoms with Gasteiger partial charge in [0.15, 0.2) is 5.96 Å². The predicted molar refractivity (Wildman–Crippen MR) is 120 cm³/mol. The van der Waals surface area contributed by atoms with Crippen molar-refractivity contribution in [2.75, 3.05) is 51.7 Å². The van der Waals surface area contributed by atoms with Gasteiger partial charge in [-0.05, 0) is 36.8 Å². The molecule has 1 fully saturated rings. The van der Waals surface area contributed by atoms with E-state index < -0.39 is 0 Å². The number of nitrogens with one attached hydrogen (secondary N) is 1. The van der Waals surface area contributed by atoms with Crippen molar-refractivity contribution in [3.05, 3.63) is 65.7 Å². The molecule has 2 aromatic rings. The normalized spacial score (nSPS) is 14.7. The van der Waals surface area contributed by atoms with Gasteiger partial charge >= 0.3 is 0 Å². The highest BCUT2D eigenvalue weighted by Gasteiger charge is 2.19. The lowest BCUT2D eigenvalue weighted by Gasteiger charge is -2.37. The Morgan fingerprint density at radius 2 is 1.66 bits per heavy atom. The molecule has 1 aliphatic rings. The molecule has 1 amide bonds. The van der Waals surface area contributed by atoms with E-state index in [2.05, 4.69) is 52.4 Å². The van der Waals surface area contributed by atoms with Gasteiger partial charge in [0.2, 0.25) is 0 Å². The molecule has 0 spiro atoms. The zero-order valence-electron chi connectivity index (χ0n) is 17.6. The van der Waals surface area contributed by atoms with Crippen LogP contribution in [-0.4, -0.2) is 68.5 Å². The Bertz CT molecular complexity index is 809. The van der Waals surface area contributed by atoms with Crippen LogP contribution >= 0.6 is 0 Å². The highest BCUT2D eigenvalue weighted by atomic mass is 16.2. The third-order valence-corrected chi connectivity index (χ3v) is 5.05. The van der Waals surface area contributed by atoms with Crippen LogP contribution in [0.15, 0.2) is 59.6 Å². The van der Waals surface area contributed by atoms with E-state index in [4.69, 9.17) is 4.99 Å². The Morgan fingerprint density at radius 1 is 1.00 bits per heavy atom. The van der Waals surface area contributed by atoms with Gasteiger partial charge in [0.1, 0.15) is 0 Å². The molecule has 1 N–H and O–H groups in total. The quantitative estimate of drug-likeness (QED) is 0.627. The SMILES string of the molecule is CCNC(=NCc1ccc(C(=O)N(C)C)cc1)N1CCN(c2ccccc2)CC1. The minimum absolute atomic E-state index is 0.0182. The Kier molecular flexibility index (Phi) is 7.11. The zero-order valence-corrected chi connectivity index (χ0v) is 17.6. The predicted octanol–water partition coefficient (Wildman–Crippen LogP) is 2.68. The van der Waals surface area contributed by atoms with E-state index >= 15 is 0 Å². The van der Waals surface area contributed by atoms with E-state index in [1.54, 1.807) is 19.0 Å². The summed E-state index contributed by atoms with van der Waals surface area (Å²) >= 11 is 0. The van der Waals surface area contributed by atoms with Crippen LogP contribution in [0.3, 0.4) is 0 Å². The lowest BCUT2D eigenvalue weighted by atomic mass is 10.1. The summed E-state index contributed by atoms with van der Waals surface area (Å²) in [6, 6.07) is 18.3. The summed E-state index contributed by atoms with van der Waals surface area (Å²) < 4.78 is 0. The van der Waals surface area contributed by atoms with E-state index in [1.807, 2.05) is 24.3 Å². The molecule has 0 aromatic heterocycles. The molecule has 2 aromatic carbocycles. The topological polar surface area (TPSA) is 51.2 Å². The molecule has 1 heterocycles. The van der Waals surface area contributed by atoms with Crippen LogP contribution in [0.25, 0.3) is 0 Å². The van der Waals surface area contributed by atoms with Crippen LogP contribution in [-0.2, 0) is 6.54 Å². The summed E-state index contributed by atoms with van der Waals surface area (Å²) in [4.78, 5) is 23.2. The van der Waals surface area contributed by atoms with E-state index in [-0.39, 0.29) is 5.91 Å². The molecule has 0 unspecified atom stereocenters. The fraction of sp³-hybridized carbons (Fsp3) is 0.391. The zero-order chi connectivity index (χ0) is 20.6. The first-order valence-corrected chi connectivity index (χ1v) is 10.2. The minimum Gasteiger partial charge on any atom is -0.368 e. The van der Waals surface area contributed by atoms with Gasteiger partial charge in [0, 0.05) is 58.1 Å². The van der Waals surface area contributed by atoms with E-state index in [0.717, 1.165) is 44.2 Å². The van der Waals surface area contributed by atoms with Gasteiger partial charge in [-0.3, -0.25) is 4.79 Å². The van der Waals surface area contributed by atoms with Gasteiger partial charge in [-0.2, -0.15) is 0 Å². The standard InChI is InChI=1S/C23H31N5O/c1-4-24-23(25-18-19-10-12-20(13-11-19)22(29)26(2)3)28-16-14-27(15-17-28)21-8-6-5-7-9-21/h5-13H,4,14-18H2,1-3H3,(H,24,25). The van der Waals surface area contributed by atoms with Crippen molar-refractivity contribution < 1.29 is 4.79 Å². The smallest absolute Gasteiger partial charge is 0.253 e. The molecule has 1 saturated heterocycles. The van der Waals surface area contributed by atoms with Crippen LogP contribution in [0.4, 0.5) is 5.69 Å². The highest BCUT2D eigenvalue weighted by Crippen LogP contribution is 2.16. The number of nitrogens with zero attached hydrogens (tertiary/aromatic N) is 4. The summed E-state index contributed by atoms with van der Waals surface area (Å²) in [5.41, 5.74) is 3.08. The Hall–Kier alpha value is -3.02. The minimum atomic E-state index is 0.0182. The second-order valence-corrected chi connectivity index (χ2v) is 7.38. The second kappa shape index (κ2) is 9.96. The molecular formula is C23H31N5O. The molecule has 0 saturated carbocycles. The average Bonchev–Trinajstić information content (AvgIpc) is 2.77. The van der Waals surface area contributed by atoms with Crippen molar-refractivity contribution in [1.29, 1.82) is 0 Å². The summed E-state index contributed by atoms with van der Waals surface area (Å²) in [7, 11) is 3.53. The lowest BCUT2D eigenvalue weighted by molar-refractivity contribution is 0.0827.